The Morgan fingerprint density at radius 3 is 2.47 bits per heavy atom. The fourth-order valence-electron chi connectivity index (χ4n) is 1.44. The van der Waals surface area contributed by atoms with Crippen LogP contribution in [0.25, 0.3) is 0 Å². The van der Waals surface area contributed by atoms with Gasteiger partial charge in [0.05, 0.1) is 5.25 Å². The zero-order valence-electron chi connectivity index (χ0n) is 9.65. The maximum atomic E-state index is 13.3. The van der Waals surface area contributed by atoms with Crippen LogP contribution < -0.4 is 5.73 Å². The number of hydrogen-bond acceptors (Lipinski definition) is 3. The largest absolute Gasteiger partial charge is 0.326 e. The molecule has 0 heterocycles. The highest BCUT2D eigenvalue weighted by molar-refractivity contribution is 7.91. The van der Waals surface area contributed by atoms with E-state index < -0.39 is 32.8 Å². The summed E-state index contributed by atoms with van der Waals surface area (Å²) < 4.78 is 48.8. The minimum absolute atomic E-state index is 0.0160. The number of hydrogen-bond donors (Lipinski definition) is 1. The van der Waals surface area contributed by atoms with E-state index in [-0.39, 0.29) is 12.0 Å². The average molecular weight is 263 g/mol. The van der Waals surface area contributed by atoms with Crippen molar-refractivity contribution in [3.63, 3.8) is 0 Å². The summed E-state index contributed by atoms with van der Waals surface area (Å²) in [5, 5.41) is -0.801. The van der Waals surface area contributed by atoms with Crippen LogP contribution in [-0.4, -0.2) is 26.0 Å². The highest BCUT2D eigenvalue weighted by atomic mass is 32.2. The molecule has 0 saturated heterocycles. The molecule has 0 saturated carbocycles. The smallest absolute Gasteiger partial charge is 0.162 e. The van der Waals surface area contributed by atoms with Crippen molar-refractivity contribution in [2.45, 2.75) is 24.6 Å². The van der Waals surface area contributed by atoms with Crippen molar-refractivity contribution >= 4 is 9.84 Å². The van der Waals surface area contributed by atoms with Crippen LogP contribution in [0.3, 0.4) is 0 Å². The molecule has 0 fully saturated rings. The molecule has 96 valence electrons. The van der Waals surface area contributed by atoms with Gasteiger partial charge in [-0.2, -0.15) is 0 Å². The number of benzene rings is 1. The van der Waals surface area contributed by atoms with Gasteiger partial charge < -0.3 is 5.73 Å². The van der Waals surface area contributed by atoms with Gasteiger partial charge in [0.1, 0.15) is 0 Å². The summed E-state index contributed by atoms with van der Waals surface area (Å²) in [6.45, 7) is 1.46. The maximum absolute atomic E-state index is 13.3. The molecule has 17 heavy (non-hydrogen) atoms. The Labute approximate surface area is 99.6 Å². The van der Waals surface area contributed by atoms with E-state index >= 15 is 0 Å². The van der Waals surface area contributed by atoms with Gasteiger partial charge in [0, 0.05) is 12.3 Å². The topological polar surface area (TPSA) is 60.2 Å². The first-order valence-electron chi connectivity index (χ1n) is 5.11. The van der Waals surface area contributed by atoms with E-state index in [9.17, 15) is 17.2 Å². The van der Waals surface area contributed by atoms with Gasteiger partial charge >= 0.3 is 0 Å². The Hall–Kier alpha value is -1.01. The number of rotatable bonds is 4. The summed E-state index contributed by atoms with van der Waals surface area (Å²) in [6.07, 6.45) is 1.05. The molecular weight excluding hydrogens is 248 g/mol. The molecule has 0 aliphatic rings. The first-order chi connectivity index (χ1) is 7.73. The monoisotopic (exact) mass is 263 g/mol. The molecule has 6 heteroatoms. The Morgan fingerprint density at radius 1 is 1.35 bits per heavy atom. The summed E-state index contributed by atoms with van der Waals surface area (Å²) in [6, 6.07) is 3.00. The van der Waals surface area contributed by atoms with Crippen LogP contribution in [0, 0.1) is 11.6 Å². The predicted octanol–water partition coefficient (Wildman–Crippen LogP) is 1.27. The lowest BCUT2D eigenvalue weighted by atomic mass is 10.0. The third kappa shape index (κ3) is 3.47. The minimum Gasteiger partial charge on any atom is -0.326 e. The predicted molar refractivity (Wildman–Crippen MR) is 62.3 cm³/mol. The number of sulfone groups is 1. The van der Waals surface area contributed by atoms with Crippen molar-refractivity contribution in [2.75, 3.05) is 6.26 Å². The molecule has 2 atom stereocenters. The standard InChI is InChI=1S/C11H15F2NO2S/c1-7(17(2,15)16)10(14)6-8-4-3-5-9(12)11(8)13/h3-5,7,10H,6,14H2,1-2H3. The first kappa shape index (κ1) is 14.1. The normalized spacial score (nSPS) is 15.6. The van der Waals surface area contributed by atoms with Gasteiger partial charge in [0.2, 0.25) is 0 Å². The fraction of sp³-hybridized carbons (Fsp3) is 0.455. The molecule has 0 aliphatic carbocycles. The minimum atomic E-state index is -3.29. The van der Waals surface area contributed by atoms with Crippen LogP contribution in [0.4, 0.5) is 8.78 Å². The van der Waals surface area contributed by atoms with Crippen LogP contribution in [0.2, 0.25) is 0 Å². The molecular formula is C11H15F2NO2S. The van der Waals surface area contributed by atoms with E-state index in [1.54, 1.807) is 0 Å². The van der Waals surface area contributed by atoms with Gasteiger partial charge in [-0.1, -0.05) is 12.1 Å². The van der Waals surface area contributed by atoms with E-state index in [1.165, 1.54) is 19.1 Å². The third-order valence-corrected chi connectivity index (χ3v) is 4.47. The second-order valence-corrected chi connectivity index (χ2v) is 6.52. The Morgan fingerprint density at radius 2 is 1.94 bits per heavy atom. The highest BCUT2D eigenvalue weighted by Crippen LogP contribution is 2.15. The quantitative estimate of drug-likeness (QED) is 0.890. The van der Waals surface area contributed by atoms with Gasteiger partial charge in [-0.05, 0) is 25.0 Å². The SMILES string of the molecule is CC(C(N)Cc1cccc(F)c1F)S(C)(=O)=O. The lowest BCUT2D eigenvalue weighted by Crippen LogP contribution is -2.39. The average Bonchev–Trinajstić information content (AvgIpc) is 2.22. The molecule has 0 amide bonds. The second kappa shape index (κ2) is 5.10. The van der Waals surface area contributed by atoms with Crippen molar-refractivity contribution in [3.05, 3.63) is 35.4 Å². The van der Waals surface area contributed by atoms with E-state index in [0.29, 0.717) is 0 Å². The molecule has 3 nitrogen and oxygen atoms in total. The highest BCUT2D eigenvalue weighted by Gasteiger charge is 2.24. The van der Waals surface area contributed by atoms with Crippen molar-refractivity contribution in [3.8, 4) is 0 Å². The van der Waals surface area contributed by atoms with Gasteiger partial charge in [0.25, 0.3) is 0 Å². The van der Waals surface area contributed by atoms with Crippen molar-refractivity contribution < 1.29 is 17.2 Å². The second-order valence-electron chi connectivity index (χ2n) is 4.12. The molecule has 2 unspecified atom stereocenters. The van der Waals surface area contributed by atoms with Crippen LogP contribution in [-0.2, 0) is 16.3 Å². The van der Waals surface area contributed by atoms with E-state index in [4.69, 9.17) is 5.73 Å². The van der Waals surface area contributed by atoms with Gasteiger partial charge in [-0.3, -0.25) is 0 Å². The lowest BCUT2D eigenvalue weighted by molar-refractivity contribution is 0.490. The van der Waals surface area contributed by atoms with Gasteiger partial charge in [0.15, 0.2) is 21.5 Å². The van der Waals surface area contributed by atoms with Crippen LogP contribution in [0.1, 0.15) is 12.5 Å². The zero-order valence-corrected chi connectivity index (χ0v) is 10.5. The Kier molecular flexibility index (Phi) is 4.21. The van der Waals surface area contributed by atoms with E-state index in [1.807, 2.05) is 0 Å². The summed E-state index contributed by atoms with van der Waals surface area (Å²) in [4.78, 5) is 0. The van der Waals surface area contributed by atoms with Gasteiger partial charge in [-0.25, -0.2) is 17.2 Å². The summed E-state index contributed by atoms with van der Waals surface area (Å²) in [5.41, 5.74) is 5.78. The Balaban J connectivity index is 2.89. The van der Waals surface area contributed by atoms with Crippen molar-refractivity contribution in [2.24, 2.45) is 5.73 Å². The van der Waals surface area contributed by atoms with Crippen LogP contribution in [0.15, 0.2) is 18.2 Å². The third-order valence-electron chi connectivity index (χ3n) is 2.77. The van der Waals surface area contributed by atoms with Crippen molar-refractivity contribution in [1.29, 1.82) is 0 Å². The molecule has 0 aliphatic heterocycles. The molecule has 0 radical (unpaired) electrons. The van der Waals surface area contributed by atoms with Crippen LogP contribution >= 0.6 is 0 Å². The summed E-state index contributed by atoms with van der Waals surface area (Å²) >= 11 is 0. The number of nitrogens with two attached hydrogens (primary N) is 1. The van der Waals surface area contributed by atoms with Crippen LogP contribution in [0.5, 0.6) is 0 Å². The molecule has 1 aromatic rings. The summed E-state index contributed by atoms with van der Waals surface area (Å²) in [7, 11) is -3.29. The molecule has 0 aromatic heterocycles. The van der Waals surface area contributed by atoms with E-state index in [2.05, 4.69) is 0 Å². The van der Waals surface area contributed by atoms with Crippen molar-refractivity contribution in [1.82, 2.24) is 0 Å². The molecule has 1 rings (SSSR count). The first-order valence-corrected chi connectivity index (χ1v) is 7.06. The fourth-order valence-corrected chi connectivity index (χ4v) is 2.17. The maximum Gasteiger partial charge on any atom is 0.162 e. The molecule has 0 spiro atoms. The van der Waals surface area contributed by atoms with Gasteiger partial charge in [-0.15, -0.1) is 0 Å². The van der Waals surface area contributed by atoms with E-state index in [0.717, 1.165) is 12.3 Å². The molecule has 0 bridgehead atoms. The zero-order chi connectivity index (χ0) is 13.2. The Bertz CT molecular complexity index is 502. The summed E-state index contributed by atoms with van der Waals surface area (Å²) in [5.74, 6) is -1.93. The lowest BCUT2D eigenvalue weighted by Gasteiger charge is -2.18. The molecule has 1 aromatic carbocycles. The molecule has 2 N–H and O–H groups in total. The number of halogens is 2.